The summed E-state index contributed by atoms with van der Waals surface area (Å²) in [7, 11) is 2.04. The number of hydrogen-bond donors (Lipinski definition) is 0. The number of fused-ring (bicyclic) bond motifs is 2. The molecule has 3 rings (SSSR count). The summed E-state index contributed by atoms with van der Waals surface area (Å²) >= 11 is 0. The summed E-state index contributed by atoms with van der Waals surface area (Å²) in [5.41, 5.74) is 5.05. The molecular weight excluding hydrogens is 276 g/mol. The molecule has 0 bridgehead atoms. The molecule has 0 radical (unpaired) electrons. The SMILES string of the molecule is CCOC(=O)Cc1cn(C)c2cc3c(cc12)CN(C(C)C)C3. The quantitative estimate of drug-likeness (QED) is 0.814. The molecule has 0 fully saturated rings. The van der Waals surface area contributed by atoms with E-state index in [1.165, 1.54) is 22.0 Å². The molecule has 0 aliphatic carbocycles. The Morgan fingerprint density at radius 2 is 1.95 bits per heavy atom. The summed E-state index contributed by atoms with van der Waals surface area (Å²) in [4.78, 5) is 14.3. The van der Waals surface area contributed by atoms with Crippen LogP contribution in [0.3, 0.4) is 0 Å². The Kier molecular flexibility index (Phi) is 3.96. The van der Waals surface area contributed by atoms with Crippen molar-refractivity contribution in [1.82, 2.24) is 9.47 Å². The van der Waals surface area contributed by atoms with E-state index in [4.69, 9.17) is 4.74 Å². The van der Waals surface area contributed by atoms with Gasteiger partial charge in [0.15, 0.2) is 0 Å². The lowest BCUT2D eigenvalue weighted by Gasteiger charge is -2.18. The normalized spacial score (nSPS) is 14.8. The third-order valence-corrected chi connectivity index (χ3v) is 4.51. The number of rotatable bonds is 4. The van der Waals surface area contributed by atoms with Gasteiger partial charge in [0.2, 0.25) is 0 Å². The van der Waals surface area contributed by atoms with Gasteiger partial charge in [-0.1, -0.05) is 0 Å². The van der Waals surface area contributed by atoms with Crippen LogP contribution in [-0.2, 0) is 36.1 Å². The maximum Gasteiger partial charge on any atom is 0.310 e. The highest BCUT2D eigenvalue weighted by Crippen LogP contribution is 2.31. The van der Waals surface area contributed by atoms with Crippen molar-refractivity contribution in [1.29, 1.82) is 0 Å². The first-order chi connectivity index (χ1) is 10.5. The van der Waals surface area contributed by atoms with Crippen LogP contribution in [0.5, 0.6) is 0 Å². The van der Waals surface area contributed by atoms with Crippen molar-refractivity contribution in [2.75, 3.05) is 6.61 Å². The molecule has 0 saturated heterocycles. The van der Waals surface area contributed by atoms with Crippen LogP contribution in [0.25, 0.3) is 10.9 Å². The Morgan fingerprint density at radius 3 is 2.59 bits per heavy atom. The van der Waals surface area contributed by atoms with E-state index in [9.17, 15) is 4.79 Å². The van der Waals surface area contributed by atoms with Crippen LogP contribution in [-0.4, -0.2) is 28.1 Å². The van der Waals surface area contributed by atoms with Gasteiger partial charge in [-0.15, -0.1) is 0 Å². The van der Waals surface area contributed by atoms with Crippen molar-refractivity contribution in [2.24, 2.45) is 7.05 Å². The molecule has 4 nitrogen and oxygen atoms in total. The minimum Gasteiger partial charge on any atom is -0.466 e. The molecule has 0 spiro atoms. The van der Waals surface area contributed by atoms with Crippen LogP contribution in [0, 0.1) is 0 Å². The van der Waals surface area contributed by atoms with E-state index in [1.54, 1.807) is 0 Å². The number of benzene rings is 1. The summed E-state index contributed by atoms with van der Waals surface area (Å²) < 4.78 is 7.20. The van der Waals surface area contributed by atoms with Gasteiger partial charge in [0.25, 0.3) is 0 Å². The lowest BCUT2D eigenvalue weighted by molar-refractivity contribution is -0.142. The lowest BCUT2D eigenvalue weighted by atomic mass is 10.0. The summed E-state index contributed by atoms with van der Waals surface area (Å²) in [6, 6.07) is 5.10. The number of hydrogen-bond acceptors (Lipinski definition) is 3. The average molecular weight is 300 g/mol. The molecule has 2 aromatic rings. The fraction of sp³-hybridized carbons (Fsp3) is 0.500. The minimum absolute atomic E-state index is 0.153. The second kappa shape index (κ2) is 5.76. The molecule has 0 saturated carbocycles. The zero-order chi connectivity index (χ0) is 15.9. The Labute approximate surface area is 131 Å². The van der Waals surface area contributed by atoms with E-state index in [1.807, 2.05) is 14.0 Å². The zero-order valence-electron chi connectivity index (χ0n) is 13.8. The Balaban J connectivity index is 1.97. The lowest BCUT2D eigenvalue weighted by Crippen LogP contribution is -2.24. The topological polar surface area (TPSA) is 34.5 Å². The molecule has 0 amide bonds. The second-order valence-electron chi connectivity index (χ2n) is 6.38. The molecule has 0 N–H and O–H groups in total. The van der Waals surface area contributed by atoms with Gasteiger partial charge in [-0.3, -0.25) is 9.69 Å². The average Bonchev–Trinajstić information content (AvgIpc) is 2.99. The van der Waals surface area contributed by atoms with E-state index in [2.05, 4.69) is 41.6 Å². The van der Waals surface area contributed by atoms with Gasteiger partial charge >= 0.3 is 5.97 Å². The van der Waals surface area contributed by atoms with Gasteiger partial charge in [0.1, 0.15) is 0 Å². The minimum atomic E-state index is -0.153. The van der Waals surface area contributed by atoms with Crippen molar-refractivity contribution in [3.05, 3.63) is 35.0 Å². The van der Waals surface area contributed by atoms with Crippen molar-refractivity contribution in [2.45, 2.75) is 46.3 Å². The van der Waals surface area contributed by atoms with E-state index in [-0.39, 0.29) is 5.97 Å². The number of aryl methyl sites for hydroxylation is 1. The predicted molar refractivity (Wildman–Crippen MR) is 87.6 cm³/mol. The summed E-state index contributed by atoms with van der Waals surface area (Å²) in [6.45, 7) is 8.75. The standard InChI is InChI=1S/C18H24N2O2/c1-5-22-18(21)8-15-9-19(4)17-7-14-11-20(12(2)3)10-13(14)6-16(15)17/h6-7,9,12H,5,8,10-11H2,1-4H3. The summed E-state index contributed by atoms with van der Waals surface area (Å²) in [5, 5.41) is 1.18. The largest absolute Gasteiger partial charge is 0.466 e. The van der Waals surface area contributed by atoms with Crippen LogP contribution in [0.15, 0.2) is 18.3 Å². The van der Waals surface area contributed by atoms with E-state index < -0.39 is 0 Å². The highest BCUT2D eigenvalue weighted by molar-refractivity contribution is 5.89. The first-order valence-corrected chi connectivity index (χ1v) is 7.99. The van der Waals surface area contributed by atoms with Crippen molar-refractivity contribution >= 4 is 16.9 Å². The Hall–Kier alpha value is -1.81. The summed E-state index contributed by atoms with van der Waals surface area (Å²) in [6.07, 6.45) is 2.40. The fourth-order valence-electron chi connectivity index (χ4n) is 3.26. The van der Waals surface area contributed by atoms with Gasteiger partial charge in [-0.05, 0) is 49.6 Å². The second-order valence-corrected chi connectivity index (χ2v) is 6.38. The van der Waals surface area contributed by atoms with Crippen molar-refractivity contribution < 1.29 is 9.53 Å². The first kappa shape index (κ1) is 15.1. The number of aromatic nitrogens is 1. The van der Waals surface area contributed by atoms with Crippen molar-refractivity contribution in [3.63, 3.8) is 0 Å². The first-order valence-electron chi connectivity index (χ1n) is 7.99. The molecular formula is C18H24N2O2. The predicted octanol–water partition coefficient (Wildman–Crippen LogP) is 3.01. The molecule has 118 valence electrons. The molecule has 1 aliphatic heterocycles. The maximum absolute atomic E-state index is 11.8. The van der Waals surface area contributed by atoms with Crippen LogP contribution in [0.4, 0.5) is 0 Å². The molecule has 0 atom stereocenters. The number of esters is 1. The van der Waals surface area contributed by atoms with Crippen LogP contribution in [0.1, 0.15) is 37.5 Å². The van der Waals surface area contributed by atoms with E-state index >= 15 is 0 Å². The third-order valence-electron chi connectivity index (χ3n) is 4.51. The molecule has 2 heterocycles. The molecule has 4 heteroatoms. The summed E-state index contributed by atoms with van der Waals surface area (Å²) in [5.74, 6) is -0.153. The maximum atomic E-state index is 11.8. The number of carbonyl (C=O) groups excluding carboxylic acids is 1. The van der Waals surface area contributed by atoms with Gasteiger partial charge in [0, 0.05) is 43.3 Å². The zero-order valence-corrected chi connectivity index (χ0v) is 13.8. The van der Waals surface area contributed by atoms with Gasteiger partial charge in [-0.25, -0.2) is 0 Å². The number of nitrogens with zero attached hydrogens (tertiary/aromatic N) is 2. The van der Waals surface area contributed by atoms with Gasteiger partial charge in [-0.2, -0.15) is 0 Å². The van der Waals surface area contributed by atoms with Crippen molar-refractivity contribution in [3.8, 4) is 0 Å². The Bertz CT molecular complexity index is 715. The molecule has 0 unspecified atom stereocenters. The highest BCUT2D eigenvalue weighted by atomic mass is 16.5. The number of ether oxygens (including phenoxy) is 1. The van der Waals surface area contributed by atoms with Crippen LogP contribution in [0.2, 0.25) is 0 Å². The Morgan fingerprint density at radius 1 is 1.27 bits per heavy atom. The monoisotopic (exact) mass is 300 g/mol. The van der Waals surface area contributed by atoms with Gasteiger partial charge in [0.05, 0.1) is 13.0 Å². The van der Waals surface area contributed by atoms with Crippen LogP contribution < -0.4 is 0 Å². The van der Waals surface area contributed by atoms with E-state index in [0.717, 1.165) is 18.7 Å². The van der Waals surface area contributed by atoms with Crippen LogP contribution >= 0.6 is 0 Å². The molecule has 1 aromatic heterocycles. The number of carbonyl (C=O) groups is 1. The highest BCUT2D eigenvalue weighted by Gasteiger charge is 2.23. The smallest absolute Gasteiger partial charge is 0.310 e. The van der Waals surface area contributed by atoms with E-state index in [0.29, 0.717) is 19.1 Å². The molecule has 1 aliphatic rings. The third kappa shape index (κ3) is 2.63. The van der Waals surface area contributed by atoms with Gasteiger partial charge < -0.3 is 9.30 Å². The molecule has 22 heavy (non-hydrogen) atoms. The molecule has 1 aromatic carbocycles. The fourth-order valence-corrected chi connectivity index (χ4v) is 3.26.